The Kier molecular flexibility index (Phi) is 6.34. The number of hydrogen-bond donors (Lipinski definition) is 1. The van der Waals surface area contributed by atoms with Gasteiger partial charge in [0.15, 0.2) is 0 Å². The molecule has 32 heavy (non-hydrogen) atoms. The van der Waals surface area contributed by atoms with E-state index in [1.54, 1.807) is 30.3 Å². The Morgan fingerprint density at radius 1 is 1.12 bits per heavy atom. The summed E-state index contributed by atoms with van der Waals surface area (Å²) < 4.78 is 41.5. The molecule has 0 saturated heterocycles. The first-order chi connectivity index (χ1) is 15.4. The molecule has 4 rings (SSSR count). The van der Waals surface area contributed by atoms with Gasteiger partial charge in [-0.1, -0.05) is 36.0 Å². The summed E-state index contributed by atoms with van der Waals surface area (Å²) in [6.45, 7) is 4.20. The molecule has 0 saturated carbocycles. The van der Waals surface area contributed by atoms with Gasteiger partial charge in [0, 0.05) is 22.9 Å². The number of nitrogens with one attached hydrogen (secondary N) is 1. The van der Waals surface area contributed by atoms with Gasteiger partial charge < -0.3 is 5.32 Å². The van der Waals surface area contributed by atoms with Crippen LogP contribution in [0.4, 0.5) is 10.1 Å². The van der Waals surface area contributed by atoms with Crippen molar-refractivity contribution < 1.29 is 17.6 Å². The second-order valence-corrected chi connectivity index (χ2v) is 10.1. The predicted molar refractivity (Wildman–Crippen MR) is 124 cm³/mol. The molecule has 0 spiro atoms. The Morgan fingerprint density at radius 2 is 1.88 bits per heavy atom. The van der Waals surface area contributed by atoms with E-state index >= 15 is 0 Å². The number of halogens is 1. The Hall–Kier alpha value is -3.10. The van der Waals surface area contributed by atoms with Crippen molar-refractivity contribution in [1.82, 2.24) is 5.32 Å². The fraction of sp³-hybridized carbons (Fsp3) is 0.125. The van der Waals surface area contributed by atoms with Crippen LogP contribution in [-0.2, 0) is 16.4 Å². The summed E-state index contributed by atoms with van der Waals surface area (Å²) in [5.74, 6) is -0.765. The van der Waals surface area contributed by atoms with E-state index < -0.39 is 15.9 Å². The zero-order valence-corrected chi connectivity index (χ0v) is 18.8. The van der Waals surface area contributed by atoms with Crippen LogP contribution in [0.1, 0.15) is 15.9 Å². The molecule has 0 aliphatic carbocycles. The lowest BCUT2D eigenvalue weighted by Gasteiger charge is -2.20. The summed E-state index contributed by atoms with van der Waals surface area (Å²) in [6, 6.07) is 17.8. The molecule has 0 atom stereocenters. The van der Waals surface area contributed by atoms with E-state index in [0.717, 1.165) is 10.5 Å². The normalized spacial score (nSPS) is 13.0. The number of fused-ring (bicyclic) bond motifs is 1. The number of sulfonamides is 1. The summed E-state index contributed by atoms with van der Waals surface area (Å²) in [4.78, 5) is 14.2. The van der Waals surface area contributed by atoms with E-state index in [0.29, 0.717) is 23.5 Å². The topological polar surface area (TPSA) is 66.5 Å². The Morgan fingerprint density at radius 3 is 2.62 bits per heavy atom. The maximum atomic E-state index is 13.4. The molecule has 0 aromatic heterocycles. The van der Waals surface area contributed by atoms with Crippen LogP contribution in [0.25, 0.3) is 0 Å². The summed E-state index contributed by atoms with van der Waals surface area (Å²) in [6.07, 6.45) is 2.19. The average Bonchev–Trinajstić information content (AvgIpc) is 3.24. The van der Waals surface area contributed by atoms with Crippen molar-refractivity contribution in [3.8, 4) is 0 Å². The largest absolute Gasteiger partial charge is 0.349 e. The van der Waals surface area contributed by atoms with Gasteiger partial charge in [0.2, 0.25) is 0 Å². The highest BCUT2D eigenvalue weighted by atomic mass is 32.2. The standard InChI is InChI=1S/C24H21FN2O3S2/c1-2-14-26-24(28)21-16-20(11-12-23(21)31-19-9-7-18(25)8-10-19)32(29,30)27-15-13-17-5-3-4-6-22(17)27/h2-12,16H,1,13-15H2,(H,26,28). The van der Waals surface area contributed by atoms with E-state index in [9.17, 15) is 17.6 Å². The Balaban J connectivity index is 1.72. The number of carbonyl (C=O) groups is 1. The number of para-hydroxylation sites is 1. The molecule has 164 valence electrons. The minimum absolute atomic E-state index is 0.0430. The van der Waals surface area contributed by atoms with E-state index in [4.69, 9.17) is 0 Å². The fourth-order valence-electron chi connectivity index (χ4n) is 3.51. The number of benzene rings is 3. The van der Waals surface area contributed by atoms with Gasteiger partial charge in [-0.15, -0.1) is 6.58 Å². The van der Waals surface area contributed by atoms with Crippen molar-refractivity contribution in [1.29, 1.82) is 0 Å². The Labute approximate surface area is 191 Å². The predicted octanol–water partition coefficient (Wildman–Crippen LogP) is 4.64. The first-order valence-corrected chi connectivity index (χ1v) is 12.2. The second kappa shape index (κ2) is 9.18. The number of hydrogen-bond acceptors (Lipinski definition) is 4. The maximum Gasteiger partial charge on any atom is 0.264 e. The molecule has 1 N–H and O–H groups in total. The molecule has 0 radical (unpaired) electrons. The van der Waals surface area contributed by atoms with Gasteiger partial charge in [0.05, 0.1) is 16.1 Å². The minimum Gasteiger partial charge on any atom is -0.349 e. The number of amides is 1. The third kappa shape index (κ3) is 4.42. The number of carbonyl (C=O) groups excluding carboxylic acids is 1. The molecule has 1 aliphatic rings. The van der Waals surface area contributed by atoms with Crippen LogP contribution in [0.15, 0.2) is 94.1 Å². The molecule has 3 aromatic carbocycles. The highest BCUT2D eigenvalue weighted by molar-refractivity contribution is 7.99. The van der Waals surface area contributed by atoms with Gasteiger partial charge in [-0.2, -0.15) is 0 Å². The van der Waals surface area contributed by atoms with E-state index in [-0.39, 0.29) is 22.8 Å². The molecule has 1 heterocycles. The molecule has 0 bridgehead atoms. The van der Waals surface area contributed by atoms with Gasteiger partial charge in [-0.25, -0.2) is 12.8 Å². The highest BCUT2D eigenvalue weighted by Crippen LogP contribution is 2.36. The summed E-state index contributed by atoms with van der Waals surface area (Å²) in [7, 11) is -3.85. The monoisotopic (exact) mass is 468 g/mol. The lowest BCUT2D eigenvalue weighted by Crippen LogP contribution is -2.30. The van der Waals surface area contributed by atoms with Gasteiger partial charge in [0.1, 0.15) is 5.82 Å². The van der Waals surface area contributed by atoms with E-state index in [1.165, 1.54) is 40.3 Å². The van der Waals surface area contributed by atoms with E-state index in [1.807, 2.05) is 18.2 Å². The van der Waals surface area contributed by atoms with Crippen LogP contribution in [0.2, 0.25) is 0 Å². The van der Waals surface area contributed by atoms with Crippen molar-refractivity contribution >= 4 is 33.4 Å². The average molecular weight is 469 g/mol. The van der Waals surface area contributed by atoms with Crippen molar-refractivity contribution in [3.63, 3.8) is 0 Å². The fourth-order valence-corrected chi connectivity index (χ4v) is 5.96. The van der Waals surface area contributed by atoms with Crippen molar-refractivity contribution in [2.45, 2.75) is 21.1 Å². The second-order valence-electron chi connectivity index (χ2n) is 7.17. The molecule has 1 aliphatic heterocycles. The molecule has 0 fully saturated rings. The summed E-state index contributed by atoms with van der Waals surface area (Å²) >= 11 is 1.26. The van der Waals surface area contributed by atoms with Crippen LogP contribution in [-0.4, -0.2) is 27.4 Å². The first-order valence-electron chi connectivity index (χ1n) is 9.97. The van der Waals surface area contributed by atoms with Crippen LogP contribution in [0.3, 0.4) is 0 Å². The molecule has 1 amide bonds. The molecular weight excluding hydrogens is 447 g/mol. The Bertz CT molecular complexity index is 1270. The smallest absolute Gasteiger partial charge is 0.264 e. The summed E-state index contributed by atoms with van der Waals surface area (Å²) in [5, 5.41) is 2.71. The third-order valence-corrected chi connectivity index (χ3v) is 7.97. The molecule has 3 aromatic rings. The quantitative estimate of drug-likeness (QED) is 0.513. The molecule has 8 heteroatoms. The van der Waals surface area contributed by atoms with Crippen LogP contribution >= 0.6 is 11.8 Å². The maximum absolute atomic E-state index is 13.4. The van der Waals surface area contributed by atoms with Crippen LogP contribution in [0, 0.1) is 5.82 Å². The van der Waals surface area contributed by atoms with E-state index in [2.05, 4.69) is 11.9 Å². The zero-order chi connectivity index (χ0) is 22.7. The van der Waals surface area contributed by atoms with Crippen molar-refractivity contribution in [3.05, 3.63) is 96.3 Å². The van der Waals surface area contributed by atoms with Crippen molar-refractivity contribution in [2.24, 2.45) is 0 Å². The van der Waals surface area contributed by atoms with Crippen LogP contribution < -0.4 is 9.62 Å². The van der Waals surface area contributed by atoms with Gasteiger partial charge in [-0.3, -0.25) is 9.10 Å². The van der Waals surface area contributed by atoms with Gasteiger partial charge in [0.25, 0.3) is 15.9 Å². The zero-order valence-electron chi connectivity index (χ0n) is 17.1. The van der Waals surface area contributed by atoms with Gasteiger partial charge in [-0.05, 0) is 60.5 Å². The first kappa shape index (κ1) is 22.1. The summed E-state index contributed by atoms with van der Waals surface area (Å²) in [5.41, 5.74) is 1.87. The number of anilines is 1. The number of nitrogens with zero attached hydrogens (tertiary/aromatic N) is 1. The molecule has 0 unspecified atom stereocenters. The van der Waals surface area contributed by atoms with Gasteiger partial charge >= 0.3 is 0 Å². The molecule has 5 nitrogen and oxygen atoms in total. The SMILES string of the molecule is C=CCNC(=O)c1cc(S(=O)(=O)N2CCc3ccccc32)ccc1Sc1ccc(F)cc1. The lowest BCUT2D eigenvalue weighted by atomic mass is 10.2. The molecular formula is C24H21FN2O3S2. The van der Waals surface area contributed by atoms with Crippen LogP contribution in [0.5, 0.6) is 0 Å². The minimum atomic E-state index is -3.85. The lowest BCUT2D eigenvalue weighted by molar-refractivity contribution is 0.0955. The number of rotatable bonds is 7. The third-order valence-electron chi connectivity index (χ3n) is 5.08. The van der Waals surface area contributed by atoms with Crippen molar-refractivity contribution in [2.75, 3.05) is 17.4 Å². The highest BCUT2D eigenvalue weighted by Gasteiger charge is 2.31.